The molecular formula is C35H24INS2. The summed E-state index contributed by atoms with van der Waals surface area (Å²) in [5, 5.41) is 7.71. The van der Waals surface area contributed by atoms with Gasteiger partial charge in [-0.05, 0) is 68.2 Å². The van der Waals surface area contributed by atoms with Crippen molar-refractivity contribution >= 4 is 93.5 Å². The fourth-order valence-electron chi connectivity index (χ4n) is 5.66. The Labute approximate surface area is 249 Å². The average Bonchev–Trinajstić information content (AvgIpc) is 3.37. The van der Waals surface area contributed by atoms with E-state index in [1.54, 1.807) is 6.20 Å². The average molecular weight is 650 g/mol. The van der Waals surface area contributed by atoms with Crippen molar-refractivity contribution in [2.75, 3.05) is 0 Å². The van der Waals surface area contributed by atoms with Crippen LogP contribution in [0.2, 0.25) is 0 Å². The molecule has 7 aromatic rings. The van der Waals surface area contributed by atoms with Gasteiger partial charge in [0, 0.05) is 34.4 Å². The first-order valence-corrected chi connectivity index (χ1v) is 16.0. The third-order valence-electron chi connectivity index (χ3n) is 7.35. The molecule has 2 N–H and O–H groups in total. The summed E-state index contributed by atoms with van der Waals surface area (Å²) in [4.78, 5) is 2.54. The van der Waals surface area contributed by atoms with E-state index in [-0.39, 0.29) is 0 Å². The zero-order valence-corrected chi connectivity index (χ0v) is 24.8. The lowest BCUT2D eigenvalue weighted by Gasteiger charge is -2.21. The molecule has 0 amide bonds. The van der Waals surface area contributed by atoms with E-state index in [0.29, 0.717) is 0 Å². The SMILES string of the molecule is N/C=C\c1c(CI)c(-c2cccc3ccccc23)c2ccccc2c1Sc1cccc2c1sc1ccccc12. The molecule has 0 spiro atoms. The molecule has 0 unspecified atom stereocenters. The zero-order valence-electron chi connectivity index (χ0n) is 21.0. The number of fused-ring (bicyclic) bond motifs is 5. The molecule has 7 rings (SSSR count). The molecule has 0 atom stereocenters. The van der Waals surface area contributed by atoms with Gasteiger partial charge in [0.2, 0.25) is 0 Å². The zero-order chi connectivity index (χ0) is 26.3. The summed E-state index contributed by atoms with van der Waals surface area (Å²) in [6.45, 7) is 0. The van der Waals surface area contributed by atoms with Gasteiger partial charge in [-0.15, -0.1) is 11.3 Å². The predicted molar refractivity (Wildman–Crippen MR) is 181 cm³/mol. The van der Waals surface area contributed by atoms with Gasteiger partial charge >= 0.3 is 0 Å². The number of benzene rings is 6. The summed E-state index contributed by atoms with van der Waals surface area (Å²) >= 11 is 6.26. The highest BCUT2D eigenvalue weighted by atomic mass is 127. The largest absolute Gasteiger partial charge is 0.405 e. The molecule has 188 valence electrons. The van der Waals surface area contributed by atoms with Crippen molar-refractivity contribution in [1.82, 2.24) is 0 Å². The van der Waals surface area contributed by atoms with Crippen LogP contribution in [0.4, 0.5) is 0 Å². The Morgan fingerprint density at radius 3 is 2.18 bits per heavy atom. The number of hydrogen-bond donors (Lipinski definition) is 1. The number of nitrogens with two attached hydrogens (primary N) is 1. The summed E-state index contributed by atoms with van der Waals surface area (Å²) in [7, 11) is 0. The van der Waals surface area contributed by atoms with E-state index < -0.39 is 0 Å². The minimum absolute atomic E-state index is 0.876. The van der Waals surface area contributed by atoms with E-state index in [1.807, 2.05) is 23.1 Å². The number of hydrogen-bond acceptors (Lipinski definition) is 3. The van der Waals surface area contributed by atoms with Crippen molar-refractivity contribution in [3.05, 3.63) is 127 Å². The van der Waals surface area contributed by atoms with Crippen LogP contribution in [0.25, 0.3) is 58.9 Å². The van der Waals surface area contributed by atoms with Gasteiger partial charge in [-0.2, -0.15) is 0 Å². The molecule has 1 nitrogen and oxygen atoms in total. The Morgan fingerprint density at radius 1 is 0.692 bits per heavy atom. The van der Waals surface area contributed by atoms with Gasteiger partial charge < -0.3 is 5.73 Å². The summed E-state index contributed by atoms with van der Waals surface area (Å²) in [6.07, 6.45) is 3.79. The smallest absolute Gasteiger partial charge is 0.0494 e. The lowest BCUT2D eigenvalue weighted by molar-refractivity contribution is 1.36. The highest BCUT2D eigenvalue weighted by molar-refractivity contribution is 14.1. The van der Waals surface area contributed by atoms with E-state index in [1.165, 1.54) is 73.8 Å². The number of rotatable bonds is 5. The maximum Gasteiger partial charge on any atom is 0.0494 e. The molecule has 0 aliphatic carbocycles. The molecule has 0 saturated carbocycles. The molecule has 39 heavy (non-hydrogen) atoms. The quantitative estimate of drug-likeness (QED) is 0.148. The minimum atomic E-state index is 0.876. The highest BCUT2D eigenvalue weighted by Gasteiger charge is 2.21. The van der Waals surface area contributed by atoms with Gasteiger partial charge in [-0.3, -0.25) is 0 Å². The van der Waals surface area contributed by atoms with E-state index >= 15 is 0 Å². The fourth-order valence-corrected chi connectivity index (χ4v) is 8.97. The second kappa shape index (κ2) is 10.3. The first-order valence-electron chi connectivity index (χ1n) is 12.9. The second-order valence-electron chi connectivity index (χ2n) is 9.49. The lowest BCUT2D eigenvalue weighted by Crippen LogP contribution is -1.98. The Balaban J connectivity index is 1.54. The molecule has 0 aliphatic heterocycles. The van der Waals surface area contributed by atoms with Crippen LogP contribution >= 0.6 is 45.7 Å². The summed E-state index contributed by atoms with van der Waals surface area (Å²) in [5.41, 5.74) is 11.2. The van der Waals surface area contributed by atoms with Crippen LogP contribution in [0.15, 0.2) is 125 Å². The maximum absolute atomic E-state index is 6.12. The van der Waals surface area contributed by atoms with E-state index in [9.17, 15) is 0 Å². The molecule has 4 heteroatoms. The van der Waals surface area contributed by atoms with Gasteiger partial charge in [0.25, 0.3) is 0 Å². The van der Waals surface area contributed by atoms with Crippen LogP contribution in [0.3, 0.4) is 0 Å². The van der Waals surface area contributed by atoms with Crippen LogP contribution in [0.1, 0.15) is 11.1 Å². The molecule has 1 heterocycles. The Kier molecular flexibility index (Phi) is 6.55. The Morgan fingerprint density at radius 2 is 1.36 bits per heavy atom. The third kappa shape index (κ3) is 4.13. The van der Waals surface area contributed by atoms with Crippen LogP contribution in [-0.4, -0.2) is 0 Å². The molecular weight excluding hydrogens is 625 g/mol. The van der Waals surface area contributed by atoms with E-state index in [2.05, 4.69) is 138 Å². The van der Waals surface area contributed by atoms with Gasteiger partial charge in [0.15, 0.2) is 0 Å². The first-order chi connectivity index (χ1) is 19.3. The van der Waals surface area contributed by atoms with Crippen molar-refractivity contribution < 1.29 is 0 Å². The highest BCUT2D eigenvalue weighted by Crippen LogP contribution is 2.49. The van der Waals surface area contributed by atoms with E-state index in [4.69, 9.17) is 5.73 Å². The normalized spacial score (nSPS) is 11.9. The van der Waals surface area contributed by atoms with Crippen LogP contribution in [-0.2, 0) is 4.43 Å². The molecule has 0 fully saturated rings. The third-order valence-corrected chi connectivity index (χ3v) is 10.7. The van der Waals surface area contributed by atoms with Gasteiger partial charge in [-0.25, -0.2) is 0 Å². The number of alkyl halides is 1. The molecule has 0 aliphatic rings. The van der Waals surface area contributed by atoms with Crippen LogP contribution in [0.5, 0.6) is 0 Å². The van der Waals surface area contributed by atoms with Crippen molar-refractivity contribution in [2.45, 2.75) is 14.2 Å². The molecule has 0 radical (unpaired) electrons. The Bertz CT molecular complexity index is 2050. The van der Waals surface area contributed by atoms with Crippen molar-refractivity contribution in [2.24, 2.45) is 5.73 Å². The lowest BCUT2D eigenvalue weighted by atomic mass is 9.88. The maximum atomic E-state index is 6.12. The first kappa shape index (κ1) is 24.7. The molecule has 0 saturated heterocycles. The second-order valence-corrected chi connectivity index (χ2v) is 12.4. The number of halogens is 1. The topological polar surface area (TPSA) is 26.0 Å². The van der Waals surface area contributed by atoms with Gasteiger partial charge in [0.05, 0.1) is 0 Å². The van der Waals surface area contributed by atoms with Crippen molar-refractivity contribution in [3.63, 3.8) is 0 Å². The summed E-state index contributed by atoms with van der Waals surface area (Å²) in [5.74, 6) is 0. The van der Waals surface area contributed by atoms with Gasteiger partial charge in [-0.1, -0.05) is 131 Å². The molecule has 1 aromatic heterocycles. The van der Waals surface area contributed by atoms with Crippen LogP contribution < -0.4 is 5.73 Å². The predicted octanol–water partition coefficient (Wildman–Crippen LogP) is 11.0. The summed E-state index contributed by atoms with van der Waals surface area (Å²) in [6, 6.07) is 39.6. The Hall–Kier alpha value is -3.32. The molecule has 6 aromatic carbocycles. The van der Waals surface area contributed by atoms with Gasteiger partial charge in [0.1, 0.15) is 0 Å². The fraction of sp³-hybridized carbons (Fsp3) is 0.0286. The monoisotopic (exact) mass is 649 g/mol. The molecule has 0 bridgehead atoms. The minimum Gasteiger partial charge on any atom is -0.405 e. The van der Waals surface area contributed by atoms with E-state index in [0.717, 1.165) is 4.43 Å². The van der Waals surface area contributed by atoms with Crippen molar-refractivity contribution in [3.8, 4) is 11.1 Å². The number of thiophene rings is 1. The van der Waals surface area contributed by atoms with Crippen molar-refractivity contribution in [1.29, 1.82) is 0 Å². The standard InChI is InChI=1S/C35H24INS2/c36-21-30-29(19-20-37)34(39-32-18-8-16-27-24-12-5-6-17-31(24)38-35(27)32)28-14-4-3-13-26(28)33(30)25-15-7-10-22-9-1-2-11-23(22)25/h1-20H,21,37H2/b20-19-. The summed E-state index contributed by atoms with van der Waals surface area (Å²) < 4.78 is 3.54. The van der Waals surface area contributed by atoms with Crippen LogP contribution in [0, 0.1) is 0 Å².